The highest BCUT2D eigenvalue weighted by molar-refractivity contribution is 6.09. The summed E-state index contributed by atoms with van der Waals surface area (Å²) in [4.78, 5) is 25.2. The molecule has 2 aromatic heterocycles. The van der Waals surface area contributed by atoms with E-state index in [9.17, 15) is 9.59 Å². The van der Waals surface area contributed by atoms with Crippen LogP contribution in [-0.2, 0) is 24.8 Å². The Morgan fingerprint density at radius 2 is 1.75 bits per heavy atom. The first-order valence-electron chi connectivity index (χ1n) is 9.19. The van der Waals surface area contributed by atoms with Gasteiger partial charge in [0.05, 0.1) is 29.5 Å². The van der Waals surface area contributed by atoms with Gasteiger partial charge in [-0.25, -0.2) is 0 Å². The Hall–Kier alpha value is -3.42. The first kappa shape index (κ1) is 19.3. The van der Waals surface area contributed by atoms with Crippen LogP contribution in [0.25, 0.3) is 0 Å². The minimum atomic E-state index is -0.339. The molecule has 0 unspecified atom stereocenters. The van der Waals surface area contributed by atoms with Crippen LogP contribution < -0.4 is 10.6 Å². The molecule has 0 spiro atoms. The number of carbonyl (C=O) groups excluding carboxylic acids is 2. The molecule has 146 valence electrons. The van der Waals surface area contributed by atoms with Crippen LogP contribution in [0.1, 0.15) is 35.1 Å². The maximum absolute atomic E-state index is 12.8. The van der Waals surface area contributed by atoms with E-state index in [1.165, 1.54) is 6.20 Å². The highest BCUT2D eigenvalue weighted by Crippen LogP contribution is 2.20. The van der Waals surface area contributed by atoms with E-state index in [1.54, 1.807) is 22.6 Å². The number of aryl methyl sites for hydroxylation is 3. The second-order valence-corrected chi connectivity index (χ2v) is 6.48. The molecule has 0 aliphatic carbocycles. The van der Waals surface area contributed by atoms with E-state index >= 15 is 0 Å². The largest absolute Gasteiger partial charge is 0.323 e. The lowest BCUT2D eigenvalue weighted by Gasteiger charge is -2.10. The van der Waals surface area contributed by atoms with E-state index in [1.807, 2.05) is 44.2 Å². The predicted molar refractivity (Wildman–Crippen MR) is 107 cm³/mol. The molecule has 8 nitrogen and oxygen atoms in total. The summed E-state index contributed by atoms with van der Waals surface area (Å²) in [7, 11) is 1.81. The lowest BCUT2D eigenvalue weighted by atomic mass is 10.1. The van der Waals surface area contributed by atoms with Crippen LogP contribution in [0.5, 0.6) is 0 Å². The highest BCUT2D eigenvalue weighted by Gasteiger charge is 2.21. The Balaban J connectivity index is 1.71. The Morgan fingerprint density at radius 3 is 2.39 bits per heavy atom. The third-order valence-electron chi connectivity index (χ3n) is 4.60. The smallest absolute Gasteiger partial charge is 0.276 e. The number of amides is 2. The summed E-state index contributed by atoms with van der Waals surface area (Å²) in [6.07, 6.45) is 4.06. The number of hydrogen-bond acceptors (Lipinski definition) is 4. The molecule has 8 heteroatoms. The Kier molecular flexibility index (Phi) is 5.88. The summed E-state index contributed by atoms with van der Waals surface area (Å²) in [6, 6.07) is 9.80. The van der Waals surface area contributed by atoms with Crippen molar-refractivity contribution in [3.05, 3.63) is 59.7 Å². The quantitative estimate of drug-likeness (QED) is 0.659. The van der Waals surface area contributed by atoms with Crippen LogP contribution in [0.15, 0.2) is 42.7 Å². The zero-order valence-electron chi connectivity index (χ0n) is 16.3. The molecule has 0 saturated carbocycles. The average Bonchev–Trinajstić information content (AvgIpc) is 3.25. The summed E-state index contributed by atoms with van der Waals surface area (Å²) in [5.41, 5.74) is 3.27. The second kappa shape index (κ2) is 8.51. The Bertz CT molecular complexity index is 974. The van der Waals surface area contributed by atoms with E-state index in [2.05, 4.69) is 20.8 Å². The van der Waals surface area contributed by atoms with Crippen molar-refractivity contribution in [3.8, 4) is 0 Å². The van der Waals surface area contributed by atoms with Crippen molar-refractivity contribution >= 4 is 23.2 Å². The number of aromatic nitrogens is 4. The van der Waals surface area contributed by atoms with Gasteiger partial charge in [-0.15, -0.1) is 0 Å². The molecule has 0 atom stereocenters. The monoisotopic (exact) mass is 380 g/mol. The van der Waals surface area contributed by atoms with Gasteiger partial charge in [-0.2, -0.15) is 10.2 Å². The molecule has 2 N–H and O–H groups in total. The Labute approximate surface area is 163 Å². The van der Waals surface area contributed by atoms with Gasteiger partial charge in [0, 0.05) is 20.0 Å². The molecule has 0 fully saturated rings. The molecule has 0 aliphatic heterocycles. The van der Waals surface area contributed by atoms with Crippen LogP contribution in [0.3, 0.4) is 0 Å². The standard InChI is InChI=1S/C20H24N6O2/c1-4-26-19(20(28)24-16-12-21-25(3)14(16)2)17(13-22-26)23-18(27)11-10-15-8-6-5-7-9-15/h5-9,12-13H,4,10-11H2,1-3H3,(H,23,27)(H,24,28). The third kappa shape index (κ3) is 4.28. The van der Waals surface area contributed by atoms with Gasteiger partial charge in [0.2, 0.25) is 5.91 Å². The summed E-state index contributed by atoms with van der Waals surface area (Å²) < 4.78 is 3.24. The minimum Gasteiger partial charge on any atom is -0.323 e. The average molecular weight is 380 g/mol. The van der Waals surface area contributed by atoms with Gasteiger partial charge in [-0.3, -0.25) is 19.0 Å². The molecular formula is C20H24N6O2. The van der Waals surface area contributed by atoms with Crippen LogP contribution in [0.4, 0.5) is 11.4 Å². The molecule has 2 heterocycles. The Morgan fingerprint density at radius 1 is 1.04 bits per heavy atom. The van der Waals surface area contributed by atoms with Crippen molar-refractivity contribution < 1.29 is 9.59 Å². The number of anilines is 2. The molecule has 2 amide bonds. The van der Waals surface area contributed by atoms with Crippen LogP contribution in [-0.4, -0.2) is 31.4 Å². The first-order chi connectivity index (χ1) is 13.5. The SMILES string of the molecule is CCn1ncc(NC(=O)CCc2ccccc2)c1C(=O)Nc1cnn(C)c1C. The molecule has 28 heavy (non-hydrogen) atoms. The van der Waals surface area contributed by atoms with Crippen LogP contribution in [0, 0.1) is 6.92 Å². The minimum absolute atomic E-state index is 0.161. The van der Waals surface area contributed by atoms with Crippen molar-refractivity contribution in [2.45, 2.75) is 33.2 Å². The van der Waals surface area contributed by atoms with Crippen molar-refractivity contribution in [2.24, 2.45) is 7.05 Å². The third-order valence-corrected chi connectivity index (χ3v) is 4.60. The van der Waals surface area contributed by atoms with Crippen molar-refractivity contribution in [1.82, 2.24) is 19.6 Å². The van der Waals surface area contributed by atoms with Gasteiger partial charge in [-0.1, -0.05) is 30.3 Å². The number of nitrogens with zero attached hydrogens (tertiary/aromatic N) is 4. The van der Waals surface area contributed by atoms with Crippen molar-refractivity contribution in [3.63, 3.8) is 0 Å². The maximum Gasteiger partial charge on any atom is 0.276 e. The van der Waals surface area contributed by atoms with Gasteiger partial charge in [-0.05, 0) is 25.8 Å². The van der Waals surface area contributed by atoms with Gasteiger partial charge in [0.25, 0.3) is 5.91 Å². The fraction of sp³-hybridized carbons (Fsp3) is 0.300. The first-order valence-corrected chi connectivity index (χ1v) is 9.19. The number of carbonyl (C=O) groups is 2. The number of nitrogens with one attached hydrogen (secondary N) is 2. The zero-order valence-corrected chi connectivity index (χ0v) is 16.3. The highest BCUT2D eigenvalue weighted by atomic mass is 16.2. The molecule has 0 bridgehead atoms. The lowest BCUT2D eigenvalue weighted by molar-refractivity contribution is -0.116. The van der Waals surface area contributed by atoms with E-state index in [4.69, 9.17) is 0 Å². The summed E-state index contributed by atoms with van der Waals surface area (Å²) in [5.74, 6) is -0.500. The van der Waals surface area contributed by atoms with Crippen LogP contribution >= 0.6 is 0 Å². The second-order valence-electron chi connectivity index (χ2n) is 6.48. The molecule has 3 rings (SSSR count). The van der Waals surface area contributed by atoms with Crippen LogP contribution in [0.2, 0.25) is 0 Å². The van der Waals surface area contributed by atoms with Gasteiger partial charge in [0.15, 0.2) is 0 Å². The van der Waals surface area contributed by atoms with Gasteiger partial charge in [0.1, 0.15) is 5.69 Å². The van der Waals surface area contributed by atoms with E-state index in [0.29, 0.717) is 36.5 Å². The normalized spacial score (nSPS) is 10.7. The van der Waals surface area contributed by atoms with E-state index in [0.717, 1.165) is 11.3 Å². The molecule has 0 aliphatic rings. The number of hydrogen-bond donors (Lipinski definition) is 2. The number of benzene rings is 1. The van der Waals surface area contributed by atoms with Gasteiger partial charge < -0.3 is 10.6 Å². The zero-order chi connectivity index (χ0) is 20.1. The summed E-state index contributed by atoms with van der Waals surface area (Å²) in [6.45, 7) is 4.26. The number of rotatable bonds is 7. The van der Waals surface area contributed by atoms with E-state index in [-0.39, 0.29) is 11.8 Å². The molecule has 1 aromatic carbocycles. The van der Waals surface area contributed by atoms with Crippen molar-refractivity contribution in [1.29, 1.82) is 0 Å². The lowest BCUT2D eigenvalue weighted by Crippen LogP contribution is -2.21. The summed E-state index contributed by atoms with van der Waals surface area (Å²) in [5, 5.41) is 14.0. The molecule has 3 aromatic rings. The predicted octanol–water partition coefficient (Wildman–Crippen LogP) is 2.77. The van der Waals surface area contributed by atoms with Crippen molar-refractivity contribution in [2.75, 3.05) is 10.6 Å². The fourth-order valence-electron chi connectivity index (χ4n) is 2.87. The van der Waals surface area contributed by atoms with Gasteiger partial charge >= 0.3 is 0 Å². The maximum atomic E-state index is 12.8. The fourth-order valence-corrected chi connectivity index (χ4v) is 2.87. The summed E-state index contributed by atoms with van der Waals surface area (Å²) >= 11 is 0. The molecule has 0 saturated heterocycles. The molecular weight excluding hydrogens is 356 g/mol. The molecule has 0 radical (unpaired) electrons. The topological polar surface area (TPSA) is 93.8 Å². The van der Waals surface area contributed by atoms with E-state index < -0.39 is 0 Å².